The number of hydrogen-bond acceptors (Lipinski definition) is 3. The van der Waals surface area contributed by atoms with Crippen molar-refractivity contribution in [2.45, 2.75) is 83.7 Å². The van der Waals surface area contributed by atoms with Gasteiger partial charge in [-0.05, 0) is 55.8 Å². The van der Waals surface area contributed by atoms with Crippen LogP contribution in [-0.2, 0) is 9.59 Å². The van der Waals surface area contributed by atoms with Crippen molar-refractivity contribution in [3.63, 3.8) is 0 Å². The van der Waals surface area contributed by atoms with Gasteiger partial charge in [0.15, 0.2) is 0 Å². The second-order valence-electron chi connectivity index (χ2n) is 9.29. The Bertz CT molecular complexity index is 495. The smallest absolute Gasteiger partial charge is 0.317 e. The monoisotopic (exact) mass is 350 g/mol. The van der Waals surface area contributed by atoms with Crippen molar-refractivity contribution >= 4 is 11.9 Å². The van der Waals surface area contributed by atoms with E-state index in [1.807, 2.05) is 0 Å². The predicted octanol–water partition coefficient (Wildman–Crippen LogP) is 3.04. The minimum absolute atomic E-state index is 0.137. The Morgan fingerprint density at radius 3 is 2.48 bits per heavy atom. The van der Waals surface area contributed by atoms with E-state index in [0.29, 0.717) is 24.3 Å². The van der Waals surface area contributed by atoms with Crippen LogP contribution in [0, 0.1) is 17.3 Å². The summed E-state index contributed by atoms with van der Waals surface area (Å²) in [5.74, 6) is 0.639. The molecule has 0 spiro atoms. The number of carbonyl (C=O) groups excluding carboxylic acids is 1. The minimum Gasteiger partial charge on any atom is -0.480 e. The van der Waals surface area contributed by atoms with E-state index in [4.69, 9.17) is 5.11 Å². The maximum atomic E-state index is 12.4. The van der Waals surface area contributed by atoms with Crippen molar-refractivity contribution in [2.24, 2.45) is 17.3 Å². The van der Waals surface area contributed by atoms with Crippen LogP contribution in [0.2, 0.25) is 0 Å². The minimum atomic E-state index is -0.743. The summed E-state index contributed by atoms with van der Waals surface area (Å²) in [6.07, 6.45) is 9.85. The number of hydrogen-bond donors (Lipinski definition) is 2. The topological polar surface area (TPSA) is 69.6 Å². The first-order valence-corrected chi connectivity index (χ1v) is 10.1. The second-order valence-corrected chi connectivity index (χ2v) is 9.29. The van der Waals surface area contributed by atoms with E-state index in [9.17, 15) is 9.59 Å². The summed E-state index contributed by atoms with van der Waals surface area (Å²) in [5, 5.41) is 12.3. The number of nitrogens with zero attached hydrogens (tertiary/aromatic N) is 1. The highest BCUT2D eigenvalue weighted by atomic mass is 16.4. The fraction of sp³-hybridized carbons (Fsp3) is 0.900. The molecule has 0 heterocycles. The highest BCUT2D eigenvalue weighted by Crippen LogP contribution is 2.42. The van der Waals surface area contributed by atoms with Crippen LogP contribution in [-0.4, -0.2) is 47.1 Å². The zero-order chi connectivity index (χ0) is 18.0. The molecular formula is C20H34N2O3. The summed E-state index contributed by atoms with van der Waals surface area (Å²) in [6, 6.07) is 0.563. The normalized spacial score (nSPS) is 31.4. The Morgan fingerprint density at radius 2 is 1.88 bits per heavy atom. The number of carboxylic acids is 1. The zero-order valence-electron chi connectivity index (χ0n) is 15.8. The van der Waals surface area contributed by atoms with E-state index < -0.39 is 5.97 Å². The molecule has 0 bridgehead atoms. The van der Waals surface area contributed by atoms with Gasteiger partial charge in [-0.25, -0.2) is 0 Å². The van der Waals surface area contributed by atoms with Gasteiger partial charge in [-0.2, -0.15) is 0 Å². The van der Waals surface area contributed by atoms with Gasteiger partial charge in [0.1, 0.15) is 0 Å². The average molecular weight is 351 g/mol. The largest absolute Gasteiger partial charge is 0.480 e. The SMILES string of the molecule is CC1(C)CCCCC1CC(=O)NC1CC(N(CC(=O)O)CC2CC2)C1. The van der Waals surface area contributed by atoms with Crippen LogP contribution in [0.4, 0.5) is 0 Å². The third kappa shape index (κ3) is 5.19. The van der Waals surface area contributed by atoms with Crippen LogP contribution < -0.4 is 5.32 Å². The molecule has 0 radical (unpaired) electrons. The van der Waals surface area contributed by atoms with Gasteiger partial charge in [-0.1, -0.05) is 26.7 Å². The molecule has 142 valence electrons. The van der Waals surface area contributed by atoms with Gasteiger partial charge in [-0.15, -0.1) is 0 Å². The Morgan fingerprint density at radius 1 is 1.16 bits per heavy atom. The van der Waals surface area contributed by atoms with Crippen molar-refractivity contribution in [1.82, 2.24) is 10.2 Å². The molecule has 3 aliphatic carbocycles. The Balaban J connectivity index is 1.41. The maximum Gasteiger partial charge on any atom is 0.317 e. The van der Waals surface area contributed by atoms with Gasteiger partial charge in [-0.3, -0.25) is 14.5 Å². The molecule has 3 saturated carbocycles. The summed E-state index contributed by atoms with van der Waals surface area (Å²) in [4.78, 5) is 25.6. The lowest BCUT2D eigenvalue weighted by Gasteiger charge is -2.43. The van der Waals surface area contributed by atoms with Gasteiger partial charge in [0.05, 0.1) is 6.54 Å². The van der Waals surface area contributed by atoms with Crippen LogP contribution in [0.1, 0.15) is 71.6 Å². The molecule has 0 aliphatic heterocycles. The third-order valence-electron chi connectivity index (χ3n) is 6.68. The number of aliphatic carboxylic acids is 1. The van der Waals surface area contributed by atoms with Crippen molar-refractivity contribution in [3.05, 3.63) is 0 Å². The van der Waals surface area contributed by atoms with Crippen molar-refractivity contribution in [2.75, 3.05) is 13.1 Å². The molecule has 1 amide bonds. The zero-order valence-corrected chi connectivity index (χ0v) is 15.8. The molecule has 1 atom stereocenters. The van der Waals surface area contributed by atoms with Crippen LogP contribution in [0.25, 0.3) is 0 Å². The Kier molecular flexibility index (Phi) is 5.71. The molecule has 5 nitrogen and oxygen atoms in total. The molecule has 1 unspecified atom stereocenters. The highest BCUT2D eigenvalue weighted by molar-refractivity contribution is 5.76. The summed E-state index contributed by atoms with van der Waals surface area (Å²) >= 11 is 0. The average Bonchev–Trinajstić information content (AvgIpc) is 3.27. The number of rotatable bonds is 8. The molecule has 3 fully saturated rings. The predicted molar refractivity (Wildman–Crippen MR) is 97.2 cm³/mol. The second kappa shape index (κ2) is 7.65. The van der Waals surface area contributed by atoms with Gasteiger partial charge in [0.25, 0.3) is 0 Å². The number of carboxylic acid groups (broad SMARTS) is 1. The van der Waals surface area contributed by atoms with Crippen molar-refractivity contribution in [3.8, 4) is 0 Å². The van der Waals surface area contributed by atoms with Gasteiger partial charge < -0.3 is 10.4 Å². The molecule has 0 aromatic rings. The van der Waals surface area contributed by atoms with E-state index in [2.05, 4.69) is 24.1 Å². The van der Waals surface area contributed by atoms with Crippen LogP contribution in [0.3, 0.4) is 0 Å². The van der Waals surface area contributed by atoms with E-state index in [0.717, 1.165) is 19.4 Å². The van der Waals surface area contributed by atoms with Crippen LogP contribution in [0.5, 0.6) is 0 Å². The maximum absolute atomic E-state index is 12.4. The number of amides is 1. The third-order valence-corrected chi connectivity index (χ3v) is 6.68. The van der Waals surface area contributed by atoms with Crippen LogP contribution in [0.15, 0.2) is 0 Å². The van der Waals surface area contributed by atoms with E-state index in [1.54, 1.807) is 0 Å². The first kappa shape index (κ1) is 18.7. The fourth-order valence-corrected chi connectivity index (χ4v) is 4.61. The lowest BCUT2D eigenvalue weighted by atomic mass is 9.67. The molecule has 3 aliphatic rings. The van der Waals surface area contributed by atoms with E-state index >= 15 is 0 Å². The molecule has 0 aromatic carbocycles. The lowest BCUT2D eigenvalue weighted by molar-refractivity contribution is -0.140. The molecule has 25 heavy (non-hydrogen) atoms. The van der Waals surface area contributed by atoms with E-state index in [1.165, 1.54) is 38.5 Å². The summed E-state index contributed by atoms with van der Waals surface area (Å²) in [6.45, 7) is 5.64. The van der Waals surface area contributed by atoms with Crippen LogP contribution >= 0.6 is 0 Å². The van der Waals surface area contributed by atoms with Gasteiger partial charge in [0, 0.05) is 25.0 Å². The van der Waals surface area contributed by atoms with Gasteiger partial charge >= 0.3 is 5.97 Å². The molecule has 5 heteroatoms. The standard InChI is InChI=1S/C20H34N2O3/c1-20(2)8-4-3-5-15(20)9-18(23)21-16-10-17(11-16)22(13-19(24)25)12-14-6-7-14/h14-17H,3-13H2,1-2H3,(H,21,23)(H,24,25). The highest BCUT2D eigenvalue weighted by Gasteiger charge is 2.39. The molecule has 0 saturated heterocycles. The molecule has 0 aromatic heterocycles. The van der Waals surface area contributed by atoms with Crippen molar-refractivity contribution < 1.29 is 14.7 Å². The number of carbonyl (C=O) groups is 2. The first-order chi connectivity index (χ1) is 11.8. The van der Waals surface area contributed by atoms with Gasteiger partial charge in [0.2, 0.25) is 5.91 Å². The Hall–Kier alpha value is -1.10. The first-order valence-electron chi connectivity index (χ1n) is 10.1. The quantitative estimate of drug-likeness (QED) is 0.706. The number of nitrogens with one attached hydrogen (secondary N) is 1. The lowest BCUT2D eigenvalue weighted by Crippen LogP contribution is -2.55. The summed E-state index contributed by atoms with van der Waals surface area (Å²) in [7, 11) is 0. The van der Waals surface area contributed by atoms with Crippen molar-refractivity contribution in [1.29, 1.82) is 0 Å². The molecule has 3 rings (SSSR count). The summed E-state index contributed by atoms with van der Waals surface area (Å²) in [5.41, 5.74) is 0.278. The van der Waals surface area contributed by atoms with E-state index in [-0.39, 0.29) is 23.9 Å². The Labute approximate surface area is 151 Å². The molecular weight excluding hydrogens is 316 g/mol. The summed E-state index contributed by atoms with van der Waals surface area (Å²) < 4.78 is 0. The molecule has 2 N–H and O–H groups in total. The fourth-order valence-electron chi connectivity index (χ4n) is 4.61.